The number of aromatic nitrogens is 1. The van der Waals surface area contributed by atoms with Crippen LogP contribution < -0.4 is 5.32 Å². The van der Waals surface area contributed by atoms with Crippen LogP contribution >= 0.6 is 0 Å². The second-order valence-electron chi connectivity index (χ2n) is 5.76. The van der Waals surface area contributed by atoms with Gasteiger partial charge in [0.15, 0.2) is 0 Å². The highest BCUT2D eigenvalue weighted by Crippen LogP contribution is 2.48. The van der Waals surface area contributed by atoms with Gasteiger partial charge in [-0.05, 0) is 69.0 Å². The Labute approximate surface area is 104 Å². The van der Waals surface area contributed by atoms with E-state index in [2.05, 4.69) is 35.1 Å². The summed E-state index contributed by atoms with van der Waals surface area (Å²) >= 11 is 0. The molecular formula is C15H24N2. The summed E-state index contributed by atoms with van der Waals surface area (Å²) < 4.78 is 2.33. The van der Waals surface area contributed by atoms with Gasteiger partial charge in [0.25, 0.3) is 0 Å². The Morgan fingerprint density at radius 3 is 2.59 bits per heavy atom. The van der Waals surface area contributed by atoms with Crippen LogP contribution in [0, 0.1) is 17.8 Å². The molecule has 17 heavy (non-hydrogen) atoms. The summed E-state index contributed by atoms with van der Waals surface area (Å²) in [5.74, 6) is 3.11. The van der Waals surface area contributed by atoms with Crippen LogP contribution in [0.15, 0.2) is 18.3 Å². The Balaban J connectivity index is 1.47. The minimum absolute atomic E-state index is 0.986. The number of rotatable bonds is 7. The number of hydrogen-bond donors (Lipinski definition) is 1. The van der Waals surface area contributed by atoms with Crippen molar-refractivity contribution in [2.45, 2.75) is 45.7 Å². The third-order valence-electron chi connectivity index (χ3n) is 4.41. The Morgan fingerprint density at radius 2 is 2.00 bits per heavy atom. The van der Waals surface area contributed by atoms with E-state index in [4.69, 9.17) is 0 Å². The first-order valence-electron chi connectivity index (χ1n) is 7.23. The molecule has 1 aromatic heterocycles. The van der Waals surface area contributed by atoms with Crippen LogP contribution in [0.5, 0.6) is 0 Å². The molecule has 1 heterocycles. The van der Waals surface area contributed by atoms with Crippen molar-refractivity contribution in [2.75, 3.05) is 6.54 Å². The fourth-order valence-electron chi connectivity index (χ4n) is 3.05. The molecule has 2 nitrogen and oxygen atoms in total. The first kappa shape index (κ1) is 11.3. The van der Waals surface area contributed by atoms with Crippen molar-refractivity contribution in [2.24, 2.45) is 17.8 Å². The minimum atomic E-state index is 0.986. The first-order valence-corrected chi connectivity index (χ1v) is 7.23. The fraction of sp³-hybridized carbons (Fsp3) is 0.733. The van der Waals surface area contributed by atoms with Crippen molar-refractivity contribution in [1.29, 1.82) is 0 Å². The summed E-state index contributed by atoms with van der Waals surface area (Å²) in [6, 6.07) is 4.39. The summed E-state index contributed by atoms with van der Waals surface area (Å²) in [6.45, 7) is 5.57. The molecular weight excluding hydrogens is 208 g/mol. The molecule has 2 heteroatoms. The molecule has 1 N–H and O–H groups in total. The van der Waals surface area contributed by atoms with E-state index in [0.717, 1.165) is 30.8 Å². The van der Waals surface area contributed by atoms with Gasteiger partial charge in [0.1, 0.15) is 0 Å². The van der Waals surface area contributed by atoms with Crippen LogP contribution in [-0.4, -0.2) is 11.1 Å². The molecule has 1 aromatic rings. The first-order chi connectivity index (χ1) is 8.38. The molecule has 0 unspecified atom stereocenters. The van der Waals surface area contributed by atoms with Crippen LogP contribution in [0.4, 0.5) is 0 Å². The second kappa shape index (κ2) is 4.85. The van der Waals surface area contributed by atoms with E-state index < -0.39 is 0 Å². The Hall–Kier alpha value is -0.760. The van der Waals surface area contributed by atoms with Gasteiger partial charge < -0.3 is 9.88 Å². The third-order valence-corrected chi connectivity index (χ3v) is 4.41. The standard InChI is InChI=1S/C15H24N2/c1-2-17-9-3-4-14(17)10-16-11-15(12-5-6-12)13-7-8-13/h3-4,9,12-13,15-16H,2,5-8,10-11H2,1H3. The lowest BCUT2D eigenvalue weighted by atomic mass is 9.98. The lowest BCUT2D eigenvalue weighted by Gasteiger charge is -2.16. The van der Waals surface area contributed by atoms with Gasteiger partial charge in [-0.3, -0.25) is 0 Å². The Bertz CT molecular complexity index is 349. The van der Waals surface area contributed by atoms with Crippen LogP contribution in [0.2, 0.25) is 0 Å². The average Bonchev–Trinajstić information content (AvgIpc) is 3.24. The number of aryl methyl sites for hydroxylation is 1. The van der Waals surface area contributed by atoms with E-state index in [0.29, 0.717) is 0 Å². The van der Waals surface area contributed by atoms with Crippen molar-refractivity contribution in [3.05, 3.63) is 24.0 Å². The van der Waals surface area contributed by atoms with E-state index >= 15 is 0 Å². The third kappa shape index (κ3) is 2.74. The largest absolute Gasteiger partial charge is 0.351 e. The van der Waals surface area contributed by atoms with Crippen molar-refractivity contribution < 1.29 is 0 Å². The van der Waals surface area contributed by atoms with Crippen molar-refractivity contribution >= 4 is 0 Å². The zero-order valence-corrected chi connectivity index (χ0v) is 10.9. The molecule has 94 valence electrons. The minimum Gasteiger partial charge on any atom is -0.351 e. The van der Waals surface area contributed by atoms with Gasteiger partial charge >= 0.3 is 0 Å². The molecule has 0 saturated heterocycles. The monoisotopic (exact) mass is 232 g/mol. The highest BCUT2D eigenvalue weighted by Gasteiger charge is 2.40. The van der Waals surface area contributed by atoms with Crippen molar-refractivity contribution in [3.8, 4) is 0 Å². The molecule has 0 radical (unpaired) electrons. The van der Waals surface area contributed by atoms with Gasteiger partial charge in [0.2, 0.25) is 0 Å². The van der Waals surface area contributed by atoms with E-state index in [9.17, 15) is 0 Å². The van der Waals surface area contributed by atoms with E-state index in [1.54, 1.807) is 0 Å². The summed E-state index contributed by atoms with van der Waals surface area (Å²) in [5, 5.41) is 3.68. The van der Waals surface area contributed by atoms with Gasteiger partial charge in [-0.25, -0.2) is 0 Å². The maximum absolute atomic E-state index is 3.68. The molecule has 0 bridgehead atoms. The highest BCUT2D eigenvalue weighted by molar-refractivity contribution is 5.06. The summed E-state index contributed by atoms with van der Waals surface area (Å²) in [4.78, 5) is 0. The van der Waals surface area contributed by atoms with E-state index in [-0.39, 0.29) is 0 Å². The molecule has 3 rings (SSSR count). The molecule has 2 saturated carbocycles. The maximum Gasteiger partial charge on any atom is 0.0359 e. The van der Waals surface area contributed by atoms with Gasteiger partial charge in [0.05, 0.1) is 0 Å². The Kier molecular flexibility index (Phi) is 3.24. The summed E-state index contributed by atoms with van der Waals surface area (Å²) in [5.41, 5.74) is 1.43. The van der Waals surface area contributed by atoms with Crippen molar-refractivity contribution in [1.82, 2.24) is 9.88 Å². The smallest absolute Gasteiger partial charge is 0.0359 e. The molecule has 0 spiro atoms. The van der Waals surface area contributed by atoms with Crippen LogP contribution in [-0.2, 0) is 13.1 Å². The highest BCUT2D eigenvalue weighted by atomic mass is 15.0. The molecule has 0 aromatic carbocycles. The molecule has 2 aliphatic carbocycles. The predicted octanol–water partition coefficient (Wildman–Crippen LogP) is 3.03. The number of nitrogens with zero attached hydrogens (tertiary/aromatic N) is 1. The van der Waals surface area contributed by atoms with Crippen LogP contribution in [0.25, 0.3) is 0 Å². The Morgan fingerprint density at radius 1 is 1.29 bits per heavy atom. The quantitative estimate of drug-likeness (QED) is 0.764. The predicted molar refractivity (Wildman–Crippen MR) is 70.8 cm³/mol. The van der Waals surface area contributed by atoms with Crippen LogP contribution in [0.3, 0.4) is 0 Å². The summed E-state index contributed by atoms with van der Waals surface area (Å²) in [6.07, 6.45) is 8.15. The van der Waals surface area contributed by atoms with Crippen molar-refractivity contribution in [3.63, 3.8) is 0 Å². The maximum atomic E-state index is 3.68. The molecule has 2 aliphatic rings. The molecule has 0 atom stereocenters. The second-order valence-corrected chi connectivity index (χ2v) is 5.76. The molecule has 0 aliphatic heterocycles. The normalized spacial score (nSPS) is 20.1. The molecule has 0 amide bonds. The van der Waals surface area contributed by atoms with E-state index in [1.165, 1.54) is 37.9 Å². The average molecular weight is 232 g/mol. The molecule has 2 fully saturated rings. The van der Waals surface area contributed by atoms with Crippen LogP contribution in [0.1, 0.15) is 38.3 Å². The lowest BCUT2D eigenvalue weighted by molar-refractivity contribution is 0.376. The zero-order chi connectivity index (χ0) is 11.7. The number of hydrogen-bond acceptors (Lipinski definition) is 1. The van der Waals surface area contributed by atoms with Gasteiger partial charge in [-0.1, -0.05) is 0 Å². The van der Waals surface area contributed by atoms with E-state index in [1.807, 2.05) is 0 Å². The SMILES string of the molecule is CCn1cccc1CNCC(C1CC1)C1CC1. The van der Waals surface area contributed by atoms with Gasteiger partial charge in [-0.2, -0.15) is 0 Å². The topological polar surface area (TPSA) is 17.0 Å². The van der Waals surface area contributed by atoms with Gasteiger partial charge in [0, 0.05) is 25.0 Å². The fourth-order valence-corrected chi connectivity index (χ4v) is 3.05. The van der Waals surface area contributed by atoms with Gasteiger partial charge in [-0.15, -0.1) is 0 Å². The summed E-state index contributed by atoms with van der Waals surface area (Å²) in [7, 11) is 0. The zero-order valence-electron chi connectivity index (χ0n) is 10.9. The lowest BCUT2D eigenvalue weighted by Crippen LogP contribution is -2.26. The number of nitrogens with one attached hydrogen (secondary N) is 1.